The van der Waals surface area contributed by atoms with Crippen molar-refractivity contribution in [3.05, 3.63) is 22.2 Å². The fraction of sp³-hybridized carbons (Fsp3) is 0.667. The van der Waals surface area contributed by atoms with Crippen molar-refractivity contribution in [3.8, 4) is 0 Å². The third kappa shape index (κ3) is 2.70. The van der Waals surface area contributed by atoms with E-state index in [-0.39, 0.29) is 17.7 Å². The molecule has 1 aliphatic rings. The van der Waals surface area contributed by atoms with E-state index < -0.39 is 0 Å². The zero-order valence-electron chi connectivity index (χ0n) is 10.8. The van der Waals surface area contributed by atoms with Crippen molar-refractivity contribution in [1.29, 1.82) is 0 Å². The summed E-state index contributed by atoms with van der Waals surface area (Å²) in [7, 11) is 0. The van der Waals surface area contributed by atoms with Crippen LogP contribution in [-0.2, 0) is 11.2 Å². The molecule has 1 aromatic heterocycles. The Kier molecular flexibility index (Phi) is 3.98. The summed E-state index contributed by atoms with van der Waals surface area (Å²) in [5, 5.41) is 0. The maximum Gasteiger partial charge on any atom is 0.252 e. The Morgan fingerprint density at radius 1 is 1.67 bits per heavy atom. The number of H-pyrrole nitrogens is 1. The minimum Gasteiger partial charge on any atom is -0.373 e. The molecule has 3 N–H and O–H groups in total. The maximum atomic E-state index is 11.6. The summed E-state index contributed by atoms with van der Waals surface area (Å²) in [5.74, 6) is 1.42. The van der Waals surface area contributed by atoms with Gasteiger partial charge in [-0.05, 0) is 6.92 Å². The lowest BCUT2D eigenvalue weighted by molar-refractivity contribution is 0.0279. The second-order valence-corrected chi connectivity index (χ2v) is 4.60. The van der Waals surface area contributed by atoms with E-state index in [1.807, 2.05) is 6.92 Å². The summed E-state index contributed by atoms with van der Waals surface area (Å²) in [5.41, 5.74) is 5.52. The summed E-state index contributed by atoms with van der Waals surface area (Å²) in [4.78, 5) is 20.9. The lowest BCUT2D eigenvalue weighted by atomic mass is 10.2. The van der Waals surface area contributed by atoms with Crippen molar-refractivity contribution in [3.63, 3.8) is 0 Å². The van der Waals surface area contributed by atoms with Crippen LogP contribution in [0.5, 0.6) is 0 Å². The largest absolute Gasteiger partial charge is 0.373 e. The Bertz CT molecular complexity index is 460. The zero-order chi connectivity index (χ0) is 13.1. The first-order valence-corrected chi connectivity index (χ1v) is 6.32. The van der Waals surface area contributed by atoms with Gasteiger partial charge in [0.05, 0.1) is 18.8 Å². The average molecular weight is 252 g/mol. The molecule has 0 aliphatic carbocycles. The minimum absolute atomic E-state index is 0.00682. The summed E-state index contributed by atoms with van der Waals surface area (Å²) >= 11 is 0. The third-order valence-electron chi connectivity index (χ3n) is 3.17. The predicted octanol–water partition coefficient (Wildman–Crippen LogP) is -0.115. The number of nitrogens with zero attached hydrogens (tertiary/aromatic N) is 2. The summed E-state index contributed by atoms with van der Waals surface area (Å²) < 4.78 is 5.60. The van der Waals surface area contributed by atoms with Crippen LogP contribution >= 0.6 is 0 Å². The SMILES string of the molecule is CCc1nc(N2CC(CN)OCC2C)cc(=O)[nH]1. The number of nitrogens with two attached hydrogens (primary N) is 1. The lowest BCUT2D eigenvalue weighted by Gasteiger charge is -2.38. The molecule has 2 unspecified atom stereocenters. The molecule has 100 valence electrons. The van der Waals surface area contributed by atoms with Crippen LogP contribution in [0.1, 0.15) is 19.7 Å². The summed E-state index contributed by atoms with van der Waals surface area (Å²) in [6.45, 7) is 5.79. The monoisotopic (exact) mass is 252 g/mol. The number of nitrogens with one attached hydrogen (secondary N) is 1. The number of hydrogen-bond donors (Lipinski definition) is 2. The van der Waals surface area contributed by atoms with Gasteiger partial charge in [0, 0.05) is 25.6 Å². The van der Waals surface area contributed by atoms with E-state index in [9.17, 15) is 4.79 Å². The highest BCUT2D eigenvalue weighted by Crippen LogP contribution is 2.18. The second kappa shape index (κ2) is 5.49. The van der Waals surface area contributed by atoms with Crippen LogP contribution in [0.2, 0.25) is 0 Å². The topological polar surface area (TPSA) is 84.2 Å². The molecular formula is C12H20N4O2. The van der Waals surface area contributed by atoms with Crippen molar-refractivity contribution in [1.82, 2.24) is 9.97 Å². The van der Waals surface area contributed by atoms with E-state index >= 15 is 0 Å². The first kappa shape index (κ1) is 13.0. The van der Waals surface area contributed by atoms with E-state index in [1.54, 1.807) is 0 Å². The molecule has 1 saturated heterocycles. The Hall–Kier alpha value is -1.40. The van der Waals surface area contributed by atoms with Gasteiger partial charge in [-0.3, -0.25) is 4.79 Å². The van der Waals surface area contributed by atoms with Crippen LogP contribution < -0.4 is 16.2 Å². The number of ether oxygens (including phenoxy) is 1. The molecule has 0 radical (unpaired) electrons. The number of aromatic nitrogens is 2. The molecule has 0 saturated carbocycles. The van der Waals surface area contributed by atoms with Crippen molar-refractivity contribution in [2.45, 2.75) is 32.4 Å². The van der Waals surface area contributed by atoms with Gasteiger partial charge in [0.2, 0.25) is 0 Å². The maximum absolute atomic E-state index is 11.6. The molecule has 0 amide bonds. The Morgan fingerprint density at radius 3 is 3.11 bits per heavy atom. The molecule has 0 bridgehead atoms. The molecule has 1 fully saturated rings. The van der Waals surface area contributed by atoms with Gasteiger partial charge >= 0.3 is 0 Å². The molecule has 1 aromatic rings. The summed E-state index contributed by atoms with van der Waals surface area (Å²) in [6.07, 6.45) is 0.717. The molecule has 6 nitrogen and oxygen atoms in total. The molecule has 0 spiro atoms. The average Bonchev–Trinajstić information content (AvgIpc) is 2.38. The molecule has 0 aromatic carbocycles. The number of morpholine rings is 1. The van der Waals surface area contributed by atoms with Gasteiger partial charge < -0.3 is 20.4 Å². The fourth-order valence-corrected chi connectivity index (χ4v) is 2.09. The van der Waals surface area contributed by atoms with E-state index in [2.05, 4.69) is 21.8 Å². The highest BCUT2D eigenvalue weighted by molar-refractivity contribution is 5.39. The minimum atomic E-state index is -0.111. The van der Waals surface area contributed by atoms with Gasteiger partial charge in [0.15, 0.2) is 0 Å². The normalized spacial score (nSPS) is 24.3. The van der Waals surface area contributed by atoms with Crippen molar-refractivity contribution in [2.24, 2.45) is 5.73 Å². The van der Waals surface area contributed by atoms with Gasteiger partial charge in [-0.2, -0.15) is 0 Å². The molecule has 2 atom stereocenters. The van der Waals surface area contributed by atoms with Crippen LogP contribution in [-0.4, -0.2) is 41.8 Å². The number of hydrogen-bond acceptors (Lipinski definition) is 5. The third-order valence-corrected chi connectivity index (χ3v) is 3.17. The predicted molar refractivity (Wildman–Crippen MR) is 69.8 cm³/mol. The number of anilines is 1. The molecule has 2 heterocycles. The van der Waals surface area contributed by atoms with Gasteiger partial charge in [-0.1, -0.05) is 6.92 Å². The van der Waals surface area contributed by atoms with Crippen molar-refractivity contribution in [2.75, 3.05) is 24.6 Å². The highest BCUT2D eigenvalue weighted by atomic mass is 16.5. The second-order valence-electron chi connectivity index (χ2n) is 4.60. The Morgan fingerprint density at radius 2 is 2.44 bits per heavy atom. The summed E-state index contributed by atoms with van der Waals surface area (Å²) in [6, 6.07) is 1.74. The quantitative estimate of drug-likeness (QED) is 0.784. The highest BCUT2D eigenvalue weighted by Gasteiger charge is 2.26. The van der Waals surface area contributed by atoms with Crippen LogP contribution in [0.4, 0.5) is 5.82 Å². The van der Waals surface area contributed by atoms with E-state index in [4.69, 9.17) is 10.5 Å². The number of aromatic amines is 1. The zero-order valence-corrected chi connectivity index (χ0v) is 10.8. The van der Waals surface area contributed by atoms with Crippen LogP contribution in [0.15, 0.2) is 10.9 Å². The molecule has 2 rings (SSSR count). The molecular weight excluding hydrogens is 232 g/mol. The van der Waals surface area contributed by atoms with Crippen LogP contribution in [0.3, 0.4) is 0 Å². The Labute approximate surface area is 106 Å². The Balaban J connectivity index is 2.28. The van der Waals surface area contributed by atoms with E-state index in [1.165, 1.54) is 6.07 Å². The van der Waals surface area contributed by atoms with E-state index in [0.717, 1.165) is 0 Å². The molecule has 18 heavy (non-hydrogen) atoms. The smallest absolute Gasteiger partial charge is 0.252 e. The number of aryl methyl sites for hydroxylation is 1. The lowest BCUT2D eigenvalue weighted by Crippen LogP contribution is -2.51. The fourth-order valence-electron chi connectivity index (χ4n) is 2.09. The van der Waals surface area contributed by atoms with Crippen molar-refractivity contribution < 1.29 is 4.74 Å². The molecule has 6 heteroatoms. The van der Waals surface area contributed by atoms with Crippen LogP contribution in [0, 0.1) is 0 Å². The molecule has 1 aliphatic heterocycles. The number of rotatable bonds is 3. The van der Waals surface area contributed by atoms with Gasteiger partial charge in [-0.15, -0.1) is 0 Å². The van der Waals surface area contributed by atoms with Gasteiger partial charge in [-0.25, -0.2) is 4.98 Å². The van der Waals surface area contributed by atoms with Gasteiger partial charge in [0.25, 0.3) is 5.56 Å². The van der Waals surface area contributed by atoms with Crippen molar-refractivity contribution >= 4 is 5.82 Å². The first-order valence-electron chi connectivity index (χ1n) is 6.32. The van der Waals surface area contributed by atoms with Crippen LogP contribution in [0.25, 0.3) is 0 Å². The standard InChI is InChI=1S/C12H20N4O2/c1-3-10-14-11(4-12(17)15-10)16-6-9(5-13)18-7-8(16)2/h4,8-9H,3,5-7,13H2,1-2H3,(H,14,15,17). The van der Waals surface area contributed by atoms with E-state index in [0.29, 0.717) is 37.8 Å². The first-order chi connectivity index (χ1) is 8.63. The van der Waals surface area contributed by atoms with Gasteiger partial charge in [0.1, 0.15) is 11.6 Å².